The van der Waals surface area contributed by atoms with Crippen LogP contribution in [-0.4, -0.2) is 9.91 Å². The van der Waals surface area contributed by atoms with Crippen molar-refractivity contribution in [3.63, 3.8) is 0 Å². The van der Waals surface area contributed by atoms with Crippen LogP contribution in [0.25, 0.3) is 0 Å². The van der Waals surface area contributed by atoms with Crippen molar-refractivity contribution in [2.75, 3.05) is 0 Å². The molecule has 98 valence electrons. The number of non-ortho nitro benzene ring substituents is 1. The zero-order chi connectivity index (χ0) is 13.8. The predicted octanol–water partition coefficient (Wildman–Crippen LogP) is 3.47. The van der Waals surface area contributed by atoms with Crippen LogP contribution in [0, 0.1) is 15.9 Å². The predicted molar refractivity (Wildman–Crippen MR) is 69.3 cm³/mol. The molecule has 0 fully saturated rings. The van der Waals surface area contributed by atoms with Gasteiger partial charge in [0.2, 0.25) is 0 Å². The summed E-state index contributed by atoms with van der Waals surface area (Å²) in [6.45, 7) is 0.0168. The highest BCUT2D eigenvalue weighted by Crippen LogP contribution is 2.23. The minimum absolute atomic E-state index is 0.0168. The number of pyridine rings is 1. The average Bonchev–Trinajstić information content (AvgIpc) is 2.37. The first-order valence-electron chi connectivity index (χ1n) is 5.23. The van der Waals surface area contributed by atoms with E-state index in [1.165, 1.54) is 12.1 Å². The molecule has 0 aliphatic rings. The number of halogens is 2. The molecule has 0 aliphatic carbocycles. The second kappa shape index (κ2) is 5.75. The van der Waals surface area contributed by atoms with E-state index in [9.17, 15) is 14.5 Å². The maximum absolute atomic E-state index is 13.2. The average molecular weight is 327 g/mol. The molecule has 1 heterocycles. The molecule has 0 atom stereocenters. The first kappa shape index (κ1) is 13.4. The summed E-state index contributed by atoms with van der Waals surface area (Å²) in [5, 5.41) is 10.6. The summed E-state index contributed by atoms with van der Waals surface area (Å²) < 4.78 is 19.1. The van der Waals surface area contributed by atoms with Gasteiger partial charge in [-0.3, -0.25) is 10.1 Å². The summed E-state index contributed by atoms with van der Waals surface area (Å²) in [7, 11) is 0. The molecule has 0 spiro atoms. The Balaban J connectivity index is 2.16. The van der Waals surface area contributed by atoms with Crippen molar-refractivity contribution < 1.29 is 14.1 Å². The van der Waals surface area contributed by atoms with Crippen LogP contribution in [0.2, 0.25) is 0 Å². The highest BCUT2D eigenvalue weighted by Gasteiger charge is 2.10. The monoisotopic (exact) mass is 326 g/mol. The van der Waals surface area contributed by atoms with Gasteiger partial charge in [0.1, 0.15) is 17.0 Å². The van der Waals surface area contributed by atoms with E-state index in [0.29, 0.717) is 15.9 Å². The fourth-order valence-electron chi connectivity index (χ4n) is 1.46. The molecule has 0 N–H and O–H groups in total. The van der Waals surface area contributed by atoms with E-state index in [1.54, 1.807) is 18.3 Å². The van der Waals surface area contributed by atoms with Crippen LogP contribution in [0.5, 0.6) is 5.75 Å². The number of hydrogen-bond acceptors (Lipinski definition) is 4. The lowest BCUT2D eigenvalue weighted by atomic mass is 10.2. The van der Waals surface area contributed by atoms with Crippen molar-refractivity contribution in [3.05, 3.63) is 62.6 Å². The van der Waals surface area contributed by atoms with E-state index < -0.39 is 10.7 Å². The topological polar surface area (TPSA) is 65.3 Å². The fraction of sp³-hybridized carbons (Fsp3) is 0.0833. The van der Waals surface area contributed by atoms with E-state index in [0.717, 1.165) is 6.07 Å². The molecular formula is C12H8BrFN2O3. The van der Waals surface area contributed by atoms with Crippen molar-refractivity contribution in [3.8, 4) is 5.75 Å². The highest BCUT2D eigenvalue weighted by atomic mass is 79.9. The van der Waals surface area contributed by atoms with Gasteiger partial charge < -0.3 is 4.74 Å². The van der Waals surface area contributed by atoms with Crippen LogP contribution >= 0.6 is 15.9 Å². The Morgan fingerprint density at radius 3 is 2.89 bits per heavy atom. The molecule has 7 heteroatoms. The SMILES string of the molecule is O=[N+]([O-])c1cc(F)cc(COc2cccnc2Br)c1. The van der Waals surface area contributed by atoms with Gasteiger partial charge >= 0.3 is 0 Å². The van der Waals surface area contributed by atoms with E-state index in [1.807, 2.05) is 0 Å². The third-order valence-electron chi connectivity index (χ3n) is 2.27. The Bertz CT molecular complexity index is 622. The van der Waals surface area contributed by atoms with Crippen LogP contribution in [0.1, 0.15) is 5.56 Å². The number of nitrogens with zero attached hydrogens (tertiary/aromatic N) is 2. The summed E-state index contributed by atoms with van der Waals surface area (Å²) in [5.74, 6) is -0.188. The Morgan fingerprint density at radius 2 is 2.21 bits per heavy atom. The molecule has 19 heavy (non-hydrogen) atoms. The van der Waals surface area contributed by atoms with Crippen LogP contribution < -0.4 is 4.74 Å². The largest absolute Gasteiger partial charge is 0.486 e. The molecular weight excluding hydrogens is 319 g/mol. The quantitative estimate of drug-likeness (QED) is 0.490. The number of benzene rings is 1. The summed E-state index contributed by atoms with van der Waals surface area (Å²) >= 11 is 3.20. The van der Waals surface area contributed by atoms with E-state index in [2.05, 4.69) is 20.9 Å². The number of rotatable bonds is 4. The van der Waals surface area contributed by atoms with Gasteiger partial charge in [-0.2, -0.15) is 0 Å². The fourth-order valence-corrected chi connectivity index (χ4v) is 1.83. The molecule has 5 nitrogen and oxygen atoms in total. The zero-order valence-corrected chi connectivity index (χ0v) is 11.1. The van der Waals surface area contributed by atoms with Crippen molar-refractivity contribution in [1.29, 1.82) is 0 Å². The summed E-state index contributed by atoms with van der Waals surface area (Å²) in [6.07, 6.45) is 1.59. The van der Waals surface area contributed by atoms with Crippen molar-refractivity contribution in [2.24, 2.45) is 0 Å². The van der Waals surface area contributed by atoms with Gasteiger partial charge in [-0.1, -0.05) is 0 Å². The van der Waals surface area contributed by atoms with E-state index in [4.69, 9.17) is 4.74 Å². The second-order valence-electron chi connectivity index (χ2n) is 3.66. The van der Waals surface area contributed by atoms with Crippen LogP contribution in [0.4, 0.5) is 10.1 Å². The summed E-state index contributed by atoms with van der Waals surface area (Å²) in [4.78, 5) is 13.9. The molecule has 0 amide bonds. The van der Waals surface area contributed by atoms with Crippen LogP contribution in [0.3, 0.4) is 0 Å². The van der Waals surface area contributed by atoms with Crippen molar-refractivity contribution in [1.82, 2.24) is 4.98 Å². The van der Waals surface area contributed by atoms with Gasteiger partial charge in [-0.15, -0.1) is 0 Å². The smallest absolute Gasteiger partial charge is 0.272 e. The van der Waals surface area contributed by atoms with Gasteiger partial charge in [0.25, 0.3) is 5.69 Å². The molecule has 0 saturated carbocycles. The molecule has 0 unspecified atom stereocenters. The molecule has 1 aromatic heterocycles. The van der Waals surface area contributed by atoms with Gasteiger partial charge in [-0.25, -0.2) is 9.37 Å². The Kier molecular flexibility index (Phi) is 4.06. The molecule has 0 bridgehead atoms. The lowest BCUT2D eigenvalue weighted by Crippen LogP contribution is -1.99. The van der Waals surface area contributed by atoms with Crippen molar-refractivity contribution in [2.45, 2.75) is 6.61 Å². The zero-order valence-electron chi connectivity index (χ0n) is 9.55. The van der Waals surface area contributed by atoms with Gasteiger partial charge in [-0.05, 0) is 39.7 Å². The standard InChI is InChI=1S/C12H8BrFN2O3/c13-12-11(2-1-3-15-12)19-7-8-4-9(14)6-10(5-8)16(17)18/h1-6H,7H2. The maximum atomic E-state index is 13.2. The van der Waals surface area contributed by atoms with Crippen LogP contribution in [-0.2, 0) is 6.61 Å². The normalized spacial score (nSPS) is 10.2. The van der Waals surface area contributed by atoms with Gasteiger partial charge in [0, 0.05) is 12.3 Å². The first-order valence-corrected chi connectivity index (χ1v) is 6.03. The second-order valence-corrected chi connectivity index (χ2v) is 4.41. The van der Waals surface area contributed by atoms with E-state index in [-0.39, 0.29) is 12.3 Å². The lowest BCUT2D eigenvalue weighted by Gasteiger charge is -2.07. The third kappa shape index (κ3) is 3.47. The maximum Gasteiger partial charge on any atom is 0.272 e. The molecule has 0 radical (unpaired) electrons. The minimum atomic E-state index is -0.668. The third-order valence-corrected chi connectivity index (χ3v) is 2.87. The van der Waals surface area contributed by atoms with Crippen LogP contribution in [0.15, 0.2) is 41.1 Å². The molecule has 0 aliphatic heterocycles. The molecule has 1 aromatic carbocycles. The lowest BCUT2D eigenvalue weighted by molar-refractivity contribution is -0.385. The van der Waals surface area contributed by atoms with Crippen molar-refractivity contribution >= 4 is 21.6 Å². The molecule has 2 rings (SSSR count). The Hall–Kier alpha value is -2.02. The Labute approximate surface area is 116 Å². The molecule has 0 saturated heterocycles. The van der Waals surface area contributed by atoms with Gasteiger partial charge in [0.15, 0.2) is 5.75 Å². The summed E-state index contributed by atoms with van der Waals surface area (Å²) in [6, 6.07) is 6.70. The summed E-state index contributed by atoms with van der Waals surface area (Å²) in [5.41, 5.74) is 0.0753. The Morgan fingerprint density at radius 1 is 1.42 bits per heavy atom. The molecule has 2 aromatic rings. The number of aromatic nitrogens is 1. The first-order chi connectivity index (χ1) is 9.06. The van der Waals surface area contributed by atoms with Gasteiger partial charge in [0.05, 0.1) is 11.0 Å². The number of nitro groups is 1. The minimum Gasteiger partial charge on any atom is -0.486 e. The number of ether oxygens (including phenoxy) is 1. The van der Waals surface area contributed by atoms with E-state index >= 15 is 0 Å². The number of hydrogen-bond donors (Lipinski definition) is 0. The number of nitro benzene ring substituents is 1. The highest BCUT2D eigenvalue weighted by molar-refractivity contribution is 9.10.